The molecule has 0 aliphatic carbocycles. The Balaban J connectivity index is 2.71. The number of aryl methyl sites for hydroxylation is 1. The van der Waals surface area contributed by atoms with Crippen molar-refractivity contribution >= 4 is 16.0 Å². The molecule has 0 atom stereocenters. The third-order valence-electron chi connectivity index (χ3n) is 1.93. The standard InChI is InChI=1S/C10H17N3O5S/c1-10(2,3)18-12-19(16,17)8-6-11-13(7-8)5-4-9(14)15/h6-7,12H,4-5H2,1-3H3,(H,14,15). The van der Waals surface area contributed by atoms with Crippen molar-refractivity contribution in [2.75, 3.05) is 0 Å². The number of aromatic nitrogens is 2. The molecule has 0 amide bonds. The van der Waals surface area contributed by atoms with E-state index in [0.29, 0.717) is 0 Å². The summed E-state index contributed by atoms with van der Waals surface area (Å²) < 4.78 is 24.9. The lowest BCUT2D eigenvalue weighted by Crippen LogP contribution is -2.33. The van der Waals surface area contributed by atoms with Crippen molar-refractivity contribution in [3.05, 3.63) is 12.4 Å². The Labute approximate surface area is 111 Å². The molecule has 8 nitrogen and oxygen atoms in total. The summed E-state index contributed by atoms with van der Waals surface area (Å²) in [4.78, 5) is 17.3. The van der Waals surface area contributed by atoms with E-state index in [1.165, 1.54) is 10.9 Å². The van der Waals surface area contributed by atoms with Crippen LogP contribution >= 0.6 is 0 Å². The number of carbonyl (C=O) groups is 1. The highest BCUT2D eigenvalue weighted by Gasteiger charge is 2.20. The number of carboxylic acid groups (broad SMARTS) is 1. The van der Waals surface area contributed by atoms with Crippen LogP contribution in [0.4, 0.5) is 0 Å². The molecule has 0 saturated heterocycles. The van der Waals surface area contributed by atoms with E-state index in [4.69, 9.17) is 9.94 Å². The molecule has 1 heterocycles. The summed E-state index contributed by atoms with van der Waals surface area (Å²) in [7, 11) is -3.81. The van der Waals surface area contributed by atoms with Gasteiger partial charge in [0.2, 0.25) is 0 Å². The maximum atomic E-state index is 11.8. The normalized spacial score (nSPS) is 12.6. The van der Waals surface area contributed by atoms with E-state index in [1.54, 1.807) is 20.8 Å². The highest BCUT2D eigenvalue weighted by atomic mass is 32.2. The minimum Gasteiger partial charge on any atom is -0.481 e. The Kier molecular flexibility index (Phi) is 4.66. The quantitative estimate of drug-likeness (QED) is 0.732. The molecule has 9 heteroatoms. The van der Waals surface area contributed by atoms with Gasteiger partial charge in [0.25, 0.3) is 10.0 Å². The van der Waals surface area contributed by atoms with Crippen molar-refractivity contribution in [1.82, 2.24) is 14.7 Å². The predicted molar refractivity (Wildman–Crippen MR) is 65.6 cm³/mol. The number of hydrogen-bond donors (Lipinski definition) is 2. The Hall–Kier alpha value is -1.45. The van der Waals surface area contributed by atoms with E-state index < -0.39 is 21.6 Å². The zero-order valence-corrected chi connectivity index (χ0v) is 11.8. The van der Waals surface area contributed by atoms with Gasteiger partial charge in [0.05, 0.1) is 24.8 Å². The first-order valence-corrected chi connectivity index (χ1v) is 7.02. The van der Waals surface area contributed by atoms with Crippen LogP contribution in [0.5, 0.6) is 0 Å². The van der Waals surface area contributed by atoms with Crippen molar-refractivity contribution in [1.29, 1.82) is 0 Å². The average Bonchev–Trinajstić information content (AvgIpc) is 2.72. The maximum absolute atomic E-state index is 11.8. The molecule has 19 heavy (non-hydrogen) atoms. The fourth-order valence-corrected chi connectivity index (χ4v) is 1.95. The van der Waals surface area contributed by atoms with Crippen LogP contribution in [-0.2, 0) is 26.2 Å². The zero-order valence-electron chi connectivity index (χ0n) is 11.0. The monoisotopic (exact) mass is 291 g/mol. The van der Waals surface area contributed by atoms with Crippen molar-refractivity contribution in [2.24, 2.45) is 0 Å². The number of sulfonamides is 1. The Morgan fingerprint density at radius 3 is 2.68 bits per heavy atom. The Bertz CT molecular complexity index is 544. The van der Waals surface area contributed by atoms with E-state index in [2.05, 4.69) is 5.10 Å². The molecule has 0 aliphatic rings. The van der Waals surface area contributed by atoms with Gasteiger partial charge in [-0.2, -0.15) is 5.10 Å². The summed E-state index contributed by atoms with van der Waals surface area (Å²) in [5.74, 6) is -0.978. The smallest absolute Gasteiger partial charge is 0.305 e. The molecular weight excluding hydrogens is 274 g/mol. The fourth-order valence-electron chi connectivity index (χ4n) is 1.04. The van der Waals surface area contributed by atoms with Gasteiger partial charge in [-0.05, 0) is 20.8 Å². The summed E-state index contributed by atoms with van der Waals surface area (Å²) in [6, 6.07) is 0. The number of rotatable bonds is 6. The van der Waals surface area contributed by atoms with Crippen LogP contribution in [-0.4, -0.2) is 34.9 Å². The molecule has 0 aromatic carbocycles. The summed E-state index contributed by atoms with van der Waals surface area (Å²) in [6.07, 6.45) is 2.25. The molecule has 1 rings (SSSR count). The van der Waals surface area contributed by atoms with Gasteiger partial charge in [0.15, 0.2) is 0 Å². The topological polar surface area (TPSA) is 111 Å². The third kappa shape index (κ3) is 5.37. The van der Waals surface area contributed by atoms with E-state index >= 15 is 0 Å². The van der Waals surface area contributed by atoms with Gasteiger partial charge in [-0.25, -0.2) is 8.42 Å². The maximum Gasteiger partial charge on any atom is 0.305 e. The number of nitrogens with zero attached hydrogens (tertiary/aromatic N) is 2. The largest absolute Gasteiger partial charge is 0.481 e. The van der Waals surface area contributed by atoms with E-state index in [1.807, 2.05) is 4.89 Å². The minimum absolute atomic E-state index is 0.0814. The van der Waals surface area contributed by atoms with Gasteiger partial charge >= 0.3 is 5.97 Å². The molecule has 1 aromatic rings. The summed E-state index contributed by atoms with van der Waals surface area (Å²) in [5.41, 5.74) is -0.660. The highest BCUT2D eigenvalue weighted by Crippen LogP contribution is 2.10. The zero-order chi connectivity index (χ0) is 14.7. The van der Waals surface area contributed by atoms with Crippen LogP contribution in [0.25, 0.3) is 0 Å². The number of nitrogens with one attached hydrogen (secondary N) is 1. The van der Waals surface area contributed by atoms with E-state index in [9.17, 15) is 13.2 Å². The summed E-state index contributed by atoms with van der Waals surface area (Å²) in [6.45, 7) is 5.20. The molecule has 0 saturated carbocycles. The van der Waals surface area contributed by atoms with E-state index in [-0.39, 0.29) is 17.9 Å². The van der Waals surface area contributed by atoms with E-state index in [0.717, 1.165) is 6.20 Å². The van der Waals surface area contributed by atoms with Crippen LogP contribution in [0, 0.1) is 0 Å². The molecule has 0 aliphatic heterocycles. The minimum atomic E-state index is -3.81. The Morgan fingerprint density at radius 1 is 1.53 bits per heavy atom. The fraction of sp³-hybridized carbons (Fsp3) is 0.600. The van der Waals surface area contributed by atoms with Crippen LogP contribution in [0.3, 0.4) is 0 Å². The molecule has 0 unspecified atom stereocenters. The van der Waals surface area contributed by atoms with Crippen LogP contribution in [0.2, 0.25) is 0 Å². The second-order valence-corrected chi connectivity index (χ2v) is 6.53. The molecule has 2 N–H and O–H groups in total. The lowest BCUT2D eigenvalue weighted by molar-refractivity contribution is -0.137. The number of aliphatic carboxylic acids is 1. The first-order valence-electron chi connectivity index (χ1n) is 5.54. The first kappa shape index (κ1) is 15.6. The van der Waals surface area contributed by atoms with Crippen molar-refractivity contribution in [2.45, 2.75) is 44.2 Å². The second kappa shape index (κ2) is 5.68. The average molecular weight is 291 g/mol. The van der Waals surface area contributed by atoms with Gasteiger partial charge < -0.3 is 5.11 Å². The molecule has 0 spiro atoms. The molecular formula is C10H17N3O5S. The first-order chi connectivity index (χ1) is 8.60. The molecule has 108 valence electrons. The van der Waals surface area contributed by atoms with Crippen molar-refractivity contribution < 1.29 is 23.2 Å². The van der Waals surface area contributed by atoms with Gasteiger partial charge in [-0.1, -0.05) is 4.89 Å². The van der Waals surface area contributed by atoms with Crippen LogP contribution in [0.15, 0.2) is 17.3 Å². The lowest BCUT2D eigenvalue weighted by atomic mass is 10.2. The highest BCUT2D eigenvalue weighted by molar-refractivity contribution is 7.89. The molecule has 0 bridgehead atoms. The van der Waals surface area contributed by atoms with Crippen molar-refractivity contribution in [3.63, 3.8) is 0 Å². The summed E-state index contributed by atoms with van der Waals surface area (Å²) >= 11 is 0. The number of carboxylic acids is 1. The number of hydrogen-bond acceptors (Lipinski definition) is 5. The third-order valence-corrected chi connectivity index (χ3v) is 3.07. The molecule has 0 radical (unpaired) electrons. The molecule has 1 aromatic heterocycles. The van der Waals surface area contributed by atoms with Gasteiger partial charge in [-0.3, -0.25) is 14.3 Å². The Morgan fingerprint density at radius 2 is 2.16 bits per heavy atom. The van der Waals surface area contributed by atoms with Gasteiger partial charge in [0.1, 0.15) is 4.90 Å². The van der Waals surface area contributed by atoms with Gasteiger partial charge in [0, 0.05) is 6.20 Å². The predicted octanol–water partition coefficient (Wildman–Crippen LogP) is 0.366. The van der Waals surface area contributed by atoms with Crippen LogP contribution < -0.4 is 4.89 Å². The van der Waals surface area contributed by atoms with Crippen LogP contribution in [0.1, 0.15) is 27.2 Å². The second-order valence-electron chi connectivity index (χ2n) is 4.88. The SMILES string of the molecule is CC(C)(C)ONS(=O)(=O)c1cnn(CCC(=O)O)c1. The van der Waals surface area contributed by atoms with Gasteiger partial charge in [-0.15, -0.1) is 0 Å². The summed E-state index contributed by atoms with van der Waals surface area (Å²) in [5, 5.41) is 12.3. The van der Waals surface area contributed by atoms with Crippen molar-refractivity contribution in [3.8, 4) is 0 Å². The lowest BCUT2D eigenvalue weighted by Gasteiger charge is -2.18. The molecule has 0 fully saturated rings.